The molecule has 1 unspecified atom stereocenters. The first-order chi connectivity index (χ1) is 17.2. The summed E-state index contributed by atoms with van der Waals surface area (Å²) in [5, 5.41) is 5.65. The molecular weight excluding hydrogens is 458 g/mol. The predicted octanol–water partition coefficient (Wildman–Crippen LogP) is 6.19. The molecular formula is C27H31N5O2S. The molecule has 1 aromatic carbocycles. The second kappa shape index (κ2) is 10.7. The molecule has 0 spiro atoms. The number of carbonyl (C=O) groups excluding carboxylic acids is 1. The van der Waals surface area contributed by atoms with Gasteiger partial charge in [-0.25, -0.2) is 15.0 Å². The van der Waals surface area contributed by atoms with E-state index in [0.29, 0.717) is 28.1 Å². The van der Waals surface area contributed by atoms with E-state index in [0.717, 1.165) is 91.1 Å². The van der Waals surface area contributed by atoms with Gasteiger partial charge in [0.25, 0.3) is 0 Å². The zero-order valence-electron chi connectivity index (χ0n) is 20.1. The van der Waals surface area contributed by atoms with Gasteiger partial charge in [0.2, 0.25) is 0 Å². The lowest BCUT2D eigenvalue weighted by Gasteiger charge is -2.14. The summed E-state index contributed by atoms with van der Waals surface area (Å²) in [4.78, 5) is 29.6. The van der Waals surface area contributed by atoms with E-state index >= 15 is 0 Å². The molecule has 2 aliphatic heterocycles. The van der Waals surface area contributed by atoms with Crippen molar-refractivity contribution in [2.45, 2.75) is 50.6 Å². The summed E-state index contributed by atoms with van der Waals surface area (Å²) in [6.45, 7) is 8.80. The molecule has 0 aliphatic carbocycles. The van der Waals surface area contributed by atoms with Crippen LogP contribution < -0.4 is 5.32 Å². The molecule has 2 aromatic heterocycles. The largest absolute Gasteiger partial charge is 0.381 e. The minimum absolute atomic E-state index is 0.579. The molecule has 1 fully saturated rings. The van der Waals surface area contributed by atoms with E-state index in [1.54, 1.807) is 0 Å². The van der Waals surface area contributed by atoms with Crippen molar-refractivity contribution in [3.63, 3.8) is 0 Å². The molecule has 1 atom stereocenters. The van der Waals surface area contributed by atoms with Crippen LogP contribution in [0.5, 0.6) is 0 Å². The van der Waals surface area contributed by atoms with Gasteiger partial charge in [0, 0.05) is 42.2 Å². The van der Waals surface area contributed by atoms with Crippen molar-refractivity contribution in [3.05, 3.63) is 47.7 Å². The van der Waals surface area contributed by atoms with Crippen LogP contribution in [0.25, 0.3) is 16.6 Å². The summed E-state index contributed by atoms with van der Waals surface area (Å²) in [5.74, 6) is 1.41. The number of aldehydes is 1. The van der Waals surface area contributed by atoms with Gasteiger partial charge < -0.3 is 15.0 Å². The van der Waals surface area contributed by atoms with Gasteiger partial charge in [-0.2, -0.15) is 0 Å². The highest BCUT2D eigenvalue weighted by Gasteiger charge is 2.23. The number of aliphatic imine (C=N–C) groups is 1. The van der Waals surface area contributed by atoms with Gasteiger partial charge in [-0.3, -0.25) is 4.79 Å². The van der Waals surface area contributed by atoms with E-state index < -0.39 is 0 Å². The van der Waals surface area contributed by atoms with Crippen molar-refractivity contribution in [2.75, 3.05) is 25.1 Å². The summed E-state index contributed by atoms with van der Waals surface area (Å²) in [7, 11) is 0. The van der Waals surface area contributed by atoms with Crippen LogP contribution in [-0.4, -0.2) is 46.0 Å². The Morgan fingerprint density at radius 3 is 2.97 bits per heavy atom. The Morgan fingerprint density at radius 1 is 1.26 bits per heavy atom. The van der Waals surface area contributed by atoms with Crippen LogP contribution >= 0.6 is 11.8 Å². The normalized spacial score (nSPS) is 17.8. The number of nitrogens with zero attached hydrogens (tertiary/aromatic N) is 3. The first-order valence-corrected chi connectivity index (χ1v) is 13.2. The molecule has 0 bridgehead atoms. The van der Waals surface area contributed by atoms with Crippen LogP contribution in [-0.2, 0) is 11.2 Å². The number of thioether (sulfide) groups is 1. The zero-order chi connectivity index (χ0) is 24.2. The molecule has 3 aromatic rings. The zero-order valence-corrected chi connectivity index (χ0v) is 20.9. The molecule has 4 heterocycles. The number of benzene rings is 1. The number of H-pyrrole nitrogens is 1. The van der Waals surface area contributed by atoms with E-state index in [-0.39, 0.29) is 0 Å². The number of carbonyl (C=O) groups is 1. The third kappa shape index (κ3) is 5.04. The highest BCUT2D eigenvalue weighted by Crippen LogP contribution is 2.39. The summed E-state index contributed by atoms with van der Waals surface area (Å²) in [5.41, 5.74) is 5.02. The maximum Gasteiger partial charge on any atom is 0.197 e. The number of nitrogens with one attached hydrogen (secondary N) is 2. The fourth-order valence-electron chi connectivity index (χ4n) is 4.88. The molecule has 182 valence electrons. The lowest BCUT2D eigenvalue weighted by molar-refractivity contribution is 0.112. The number of ether oxygens (including phenoxy) is 1. The molecule has 35 heavy (non-hydrogen) atoms. The van der Waals surface area contributed by atoms with Crippen LogP contribution in [0.1, 0.15) is 60.6 Å². The Kier molecular flexibility index (Phi) is 7.29. The van der Waals surface area contributed by atoms with Crippen molar-refractivity contribution in [3.8, 4) is 0 Å². The van der Waals surface area contributed by atoms with Crippen LogP contribution in [0.3, 0.4) is 0 Å². The van der Waals surface area contributed by atoms with Crippen molar-refractivity contribution in [1.82, 2.24) is 15.0 Å². The van der Waals surface area contributed by atoms with E-state index in [1.165, 1.54) is 18.2 Å². The lowest BCUT2D eigenvalue weighted by Crippen LogP contribution is -2.09. The third-order valence-corrected chi connectivity index (χ3v) is 7.67. The minimum atomic E-state index is 0.579. The Bertz CT molecular complexity index is 1270. The number of aromatic amines is 1. The highest BCUT2D eigenvalue weighted by atomic mass is 32.2. The number of hydrogen-bond acceptors (Lipinski definition) is 7. The summed E-state index contributed by atoms with van der Waals surface area (Å²) in [6, 6.07) is 7.98. The maximum absolute atomic E-state index is 12.0. The predicted molar refractivity (Wildman–Crippen MR) is 143 cm³/mol. The van der Waals surface area contributed by atoms with Crippen LogP contribution in [0, 0.1) is 5.92 Å². The smallest absolute Gasteiger partial charge is 0.197 e. The van der Waals surface area contributed by atoms with Gasteiger partial charge in [-0.15, -0.1) is 0 Å². The van der Waals surface area contributed by atoms with Gasteiger partial charge in [-0.1, -0.05) is 31.7 Å². The first-order valence-electron chi connectivity index (χ1n) is 12.4. The lowest BCUT2D eigenvalue weighted by atomic mass is 9.95. The highest BCUT2D eigenvalue weighted by molar-refractivity contribution is 8.15. The Labute approximate surface area is 209 Å². The fraction of sp³-hybridized carbons (Fsp3) is 0.407. The van der Waals surface area contributed by atoms with E-state index in [9.17, 15) is 4.79 Å². The van der Waals surface area contributed by atoms with Crippen molar-refractivity contribution >= 4 is 51.2 Å². The van der Waals surface area contributed by atoms with Gasteiger partial charge in [0.05, 0.1) is 11.1 Å². The van der Waals surface area contributed by atoms with Gasteiger partial charge in [-0.05, 0) is 62.3 Å². The summed E-state index contributed by atoms with van der Waals surface area (Å²) in [6.07, 6.45) is 7.35. The Hall–Kier alpha value is -2.97. The molecule has 1 saturated heterocycles. The monoisotopic (exact) mass is 489 g/mol. The number of fused-ring (bicyclic) bond motifs is 2. The van der Waals surface area contributed by atoms with Gasteiger partial charge in [0.15, 0.2) is 11.4 Å². The van der Waals surface area contributed by atoms with Crippen LogP contribution in [0.4, 0.5) is 11.5 Å². The number of aromatic nitrogens is 3. The standard InChI is InChI=1S/C27H31N5O2S/c1-3-21-20(16-33)23-24(28-13-6-8-18-9-7-14-34-15-12-18)31-27(32-25(23)29-21)35-26-17(2)19-10-4-5-11-22(19)30-26/h4-5,10-11,16,18H,2-3,6-9,12-15H2,1H3,(H2,28,29,31,32). The molecule has 0 amide bonds. The minimum Gasteiger partial charge on any atom is -0.381 e. The van der Waals surface area contributed by atoms with Crippen molar-refractivity contribution in [2.24, 2.45) is 10.9 Å². The number of rotatable bonds is 8. The molecule has 2 N–H and O–H groups in total. The Balaban J connectivity index is 1.38. The van der Waals surface area contributed by atoms with E-state index in [2.05, 4.69) is 16.9 Å². The van der Waals surface area contributed by atoms with E-state index in [1.807, 2.05) is 31.2 Å². The van der Waals surface area contributed by atoms with Gasteiger partial charge in [0.1, 0.15) is 16.5 Å². The molecule has 5 rings (SSSR count). The number of aryl methyl sites for hydroxylation is 1. The SMILES string of the molecule is C=C1C(Sc2nc(NCCCC3CCCOCC3)c3c(C=O)c(CC)[nH]c3n2)=Nc2ccccc21. The molecule has 0 saturated carbocycles. The Morgan fingerprint density at radius 2 is 2.14 bits per heavy atom. The third-order valence-electron chi connectivity index (χ3n) is 6.77. The quantitative estimate of drug-likeness (QED) is 0.223. The van der Waals surface area contributed by atoms with Crippen LogP contribution in [0.2, 0.25) is 0 Å². The first kappa shape index (κ1) is 23.8. The van der Waals surface area contributed by atoms with Gasteiger partial charge >= 0.3 is 0 Å². The second-order valence-electron chi connectivity index (χ2n) is 9.06. The van der Waals surface area contributed by atoms with Crippen LogP contribution in [0.15, 0.2) is 41.0 Å². The van der Waals surface area contributed by atoms with E-state index in [4.69, 9.17) is 19.7 Å². The number of hydrogen-bond donors (Lipinski definition) is 2. The maximum atomic E-state index is 12.0. The average molecular weight is 490 g/mol. The van der Waals surface area contributed by atoms with Crippen molar-refractivity contribution < 1.29 is 9.53 Å². The number of anilines is 1. The van der Waals surface area contributed by atoms with Crippen molar-refractivity contribution in [1.29, 1.82) is 0 Å². The fourth-order valence-corrected chi connectivity index (χ4v) is 5.70. The molecule has 2 aliphatic rings. The number of para-hydroxylation sites is 1. The molecule has 8 heteroatoms. The summed E-state index contributed by atoms with van der Waals surface area (Å²) >= 11 is 1.41. The molecule has 0 radical (unpaired) electrons. The summed E-state index contributed by atoms with van der Waals surface area (Å²) < 4.78 is 5.60. The average Bonchev–Trinajstić information content (AvgIpc) is 3.26. The second-order valence-corrected chi connectivity index (χ2v) is 10.0. The topological polar surface area (TPSA) is 92.3 Å². The molecule has 7 nitrogen and oxygen atoms in total.